The molecule has 0 spiro atoms. The fourth-order valence-electron chi connectivity index (χ4n) is 4.77. The third-order valence-electron chi connectivity index (χ3n) is 6.73. The number of aromatic nitrogens is 3. The average molecular weight is 512 g/mol. The summed E-state index contributed by atoms with van der Waals surface area (Å²) in [7, 11) is 1.93. The molecule has 8 heteroatoms. The maximum absolute atomic E-state index is 13.1. The minimum Gasteiger partial charge on any atom is -0.481 e. The summed E-state index contributed by atoms with van der Waals surface area (Å²) in [6.07, 6.45) is 3.60. The third-order valence-corrected chi connectivity index (χ3v) is 7.08. The van der Waals surface area contributed by atoms with Crippen LogP contribution in [-0.2, 0) is 29.5 Å². The summed E-state index contributed by atoms with van der Waals surface area (Å²) in [5.41, 5.74) is 5.36. The number of halogens is 1. The number of carbonyl (C=O) groups is 2. The van der Waals surface area contributed by atoms with E-state index >= 15 is 0 Å². The molecule has 4 rings (SSSR count). The number of carboxylic acid groups (broad SMARTS) is 1. The lowest BCUT2D eigenvalue weighted by molar-refractivity contribution is -0.137. The van der Waals surface area contributed by atoms with E-state index in [4.69, 9.17) is 21.2 Å². The number of aryl methyl sites for hydroxylation is 2. The van der Waals surface area contributed by atoms with Gasteiger partial charge in [0.05, 0.1) is 5.69 Å². The summed E-state index contributed by atoms with van der Waals surface area (Å²) in [6, 6.07) is 7.71. The summed E-state index contributed by atoms with van der Waals surface area (Å²) >= 11 is 6.36. The number of benzene rings is 1. The number of Topliss-reactive ketones (excluding diaryl/α,β-unsaturated/α-hetero) is 1. The van der Waals surface area contributed by atoms with E-state index in [0.29, 0.717) is 34.7 Å². The van der Waals surface area contributed by atoms with Crippen LogP contribution in [0, 0.1) is 12.8 Å². The SMILES string of the molecule is Cc1ccc(CC(=O)C[C@H](CCC(=O)O)c2noc(-c3cc(CC(C)C)n(C)n3)c2C2CC2)c(Cl)c1. The van der Waals surface area contributed by atoms with Crippen LogP contribution >= 0.6 is 11.6 Å². The van der Waals surface area contributed by atoms with E-state index in [9.17, 15) is 14.7 Å². The molecule has 1 N–H and O–H groups in total. The van der Waals surface area contributed by atoms with Crippen molar-refractivity contribution in [3.05, 3.63) is 57.4 Å². The van der Waals surface area contributed by atoms with E-state index in [1.807, 2.05) is 42.9 Å². The Balaban J connectivity index is 1.63. The Kier molecular flexibility index (Phi) is 7.98. The predicted octanol–water partition coefficient (Wildman–Crippen LogP) is 6.26. The molecule has 3 aromatic rings. The number of ketones is 1. The number of hydrogen-bond acceptors (Lipinski definition) is 5. The molecule has 2 heterocycles. The summed E-state index contributed by atoms with van der Waals surface area (Å²) in [6.45, 7) is 6.29. The van der Waals surface area contributed by atoms with Gasteiger partial charge in [-0.25, -0.2) is 0 Å². The Morgan fingerprint density at radius 2 is 2.00 bits per heavy atom. The lowest BCUT2D eigenvalue weighted by atomic mass is 9.87. The Labute approximate surface area is 216 Å². The molecule has 1 aliphatic carbocycles. The molecule has 1 aromatic carbocycles. The highest BCUT2D eigenvalue weighted by atomic mass is 35.5. The highest BCUT2D eigenvalue weighted by Crippen LogP contribution is 2.48. The second kappa shape index (κ2) is 11.0. The van der Waals surface area contributed by atoms with Gasteiger partial charge >= 0.3 is 5.97 Å². The zero-order valence-corrected chi connectivity index (χ0v) is 22.1. The first-order chi connectivity index (χ1) is 17.1. The second-order valence-corrected chi connectivity index (χ2v) is 10.9. The molecule has 7 nitrogen and oxygen atoms in total. The van der Waals surface area contributed by atoms with Crippen molar-refractivity contribution < 1.29 is 19.2 Å². The normalized spacial score (nSPS) is 14.4. The molecule has 1 saturated carbocycles. The third kappa shape index (κ3) is 6.25. The molecule has 0 saturated heterocycles. The van der Waals surface area contributed by atoms with Crippen LogP contribution in [0.3, 0.4) is 0 Å². The van der Waals surface area contributed by atoms with Crippen LogP contribution in [0.2, 0.25) is 5.02 Å². The summed E-state index contributed by atoms with van der Waals surface area (Å²) < 4.78 is 7.75. The van der Waals surface area contributed by atoms with Gasteiger partial charge in [0.15, 0.2) is 5.76 Å². The summed E-state index contributed by atoms with van der Waals surface area (Å²) in [4.78, 5) is 24.5. The van der Waals surface area contributed by atoms with Crippen molar-refractivity contribution in [2.45, 2.75) is 77.6 Å². The number of nitrogens with zero attached hydrogens (tertiary/aromatic N) is 3. The monoisotopic (exact) mass is 511 g/mol. The van der Waals surface area contributed by atoms with Gasteiger partial charge in [-0.1, -0.05) is 42.7 Å². The molecule has 0 radical (unpaired) electrons. The van der Waals surface area contributed by atoms with Crippen LogP contribution in [0.5, 0.6) is 0 Å². The molecule has 0 unspecified atom stereocenters. The van der Waals surface area contributed by atoms with Gasteiger partial charge in [0, 0.05) is 48.5 Å². The van der Waals surface area contributed by atoms with E-state index in [0.717, 1.165) is 47.3 Å². The standard InChI is InChI=1S/C28H34ClN3O4/c1-16(2)11-21-15-24(30-32(21)4)28-26(18-7-8-18)27(31-36-28)20(9-10-25(34)35)14-22(33)13-19-6-5-17(3)12-23(19)29/h5-6,12,15-16,18,20H,7-11,13-14H2,1-4H3,(H,34,35)/t20-/m0/s1. The van der Waals surface area contributed by atoms with E-state index in [1.165, 1.54) is 0 Å². The quantitative estimate of drug-likeness (QED) is 0.308. The second-order valence-electron chi connectivity index (χ2n) is 10.5. The maximum atomic E-state index is 13.1. The van der Waals surface area contributed by atoms with Gasteiger partial charge in [-0.05, 0) is 67.7 Å². The largest absolute Gasteiger partial charge is 0.481 e. The van der Waals surface area contributed by atoms with Crippen molar-refractivity contribution in [2.24, 2.45) is 13.0 Å². The first-order valence-electron chi connectivity index (χ1n) is 12.6. The molecule has 0 aliphatic heterocycles. The zero-order valence-electron chi connectivity index (χ0n) is 21.4. The fourth-order valence-corrected chi connectivity index (χ4v) is 5.07. The Morgan fingerprint density at radius 1 is 1.25 bits per heavy atom. The van der Waals surface area contributed by atoms with Crippen LogP contribution in [0.4, 0.5) is 0 Å². The fraction of sp³-hybridized carbons (Fsp3) is 0.500. The number of carbonyl (C=O) groups excluding carboxylic acids is 1. The van der Waals surface area contributed by atoms with E-state index < -0.39 is 5.97 Å². The van der Waals surface area contributed by atoms with Gasteiger partial charge in [0.25, 0.3) is 0 Å². The van der Waals surface area contributed by atoms with Crippen molar-refractivity contribution in [3.8, 4) is 11.5 Å². The zero-order chi connectivity index (χ0) is 26.0. The first kappa shape index (κ1) is 26.1. The predicted molar refractivity (Wildman–Crippen MR) is 138 cm³/mol. The van der Waals surface area contributed by atoms with Crippen molar-refractivity contribution in [1.29, 1.82) is 0 Å². The highest BCUT2D eigenvalue weighted by Gasteiger charge is 2.37. The highest BCUT2D eigenvalue weighted by molar-refractivity contribution is 6.31. The summed E-state index contributed by atoms with van der Waals surface area (Å²) in [5, 5.41) is 19.0. The van der Waals surface area contributed by atoms with Crippen LogP contribution in [0.15, 0.2) is 28.8 Å². The van der Waals surface area contributed by atoms with Gasteiger partial charge in [-0.15, -0.1) is 0 Å². The van der Waals surface area contributed by atoms with Gasteiger partial charge in [0.1, 0.15) is 11.5 Å². The van der Waals surface area contributed by atoms with Crippen LogP contribution in [0.25, 0.3) is 11.5 Å². The lowest BCUT2D eigenvalue weighted by Crippen LogP contribution is -2.13. The Hall–Kier alpha value is -2.93. The van der Waals surface area contributed by atoms with Crippen LogP contribution < -0.4 is 0 Å². The molecule has 0 bridgehead atoms. The molecular weight excluding hydrogens is 478 g/mol. The molecule has 0 amide bonds. The number of carboxylic acids is 1. The van der Waals surface area contributed by atoms with Gasteiger partial charge < -0.3 is 9.63 Å². The molecule has 1 atom stereocenters. The molecular formula is C28H34ClN3O4. The minimum atomic E-state index is -0.895. The maximum Gasteiger partial charge on any atom is 0.303 e. The van der Waals surface area contributed by atoms with Gasteiger partial charge in [-0.3, -0.25) is 14.3 Å². The van der Waals surface area contributed by atoms with E-state index in [2.05, 4.69) is 19.0 Å². The molecule has 2 aromatic heterocycles. The smallest absolute Gasteiger partial charge is 0.303 e. The van der Waals surface area contributed by atoms with E-state index in [-0.39, 0.29) is 31.0 Å². The molecule has 1 aliphatic rings. The average Bonchev–Trinajstić information content (AvgIpc) is 3.44. The summed E-state index contributed by atoms with van der Waals surface area (Å²) in [5.74, 6) is 0.200. The number of aliphatic carboxylic acids is 1. The lowest BCUT2D eigenvalue weighted by Gasteiger charge is -2.15. The topological polar surface area (TPSA) is 98.2 Å². The Bertz CT molecular complexity index is 1260. The molecule has 1 fully saturated rings. The Morgan fingerprint density at radius 3 is 2.64 bits per heavy atom. The van der Waals surface area contributed by atoms with Gasteiger partial charge in [-0.2, -0.15) is 5.10 Å². The van der Waals surface area contributed by atoms with Crippen molar-refractivity contribution in [3.63, 3.8) is 0 Å². The van der Waals surface area contributed by atoms with Crippen LogP contribution in [0.1, 0.15) is 85.9 Å². The number of hydrogen-bond donors (Lipinski definition) is 1. The van der Waals surface area contributed by atoms with Crippen LogP contribution in [-0.4, -0.2) is 31.8 Å². The van der Waals surface area contributed by atoms with Crippen molar-refractivity contribution in [1.82, 2.24) is 14.9 Å². The molecule has 192 valence electrons. The van der Waals surface area contributed by atoms with Gasteiger partial charge in [0.2, 0.25) is 0 Å². The molecule has 36 heavy (non-hydrogen) atoms. The van der Waals surface area contributed by atoms with Crippen molar-refractivity contribution >= 4 is 23.4 Å². The first-order valence-corrected chi connectivity index (χ1v) is 13.0. The number of rotatable bonds is 12. The van der Waals surface area contributed by atoms with E-state index in [1.54, 1.807) is 0 Å². The van der Waals surface area contributed by atoms with Crippen molar-refractivity contribution in [2.75, 3.05) is 0 Å². The minimum absolute atomic E-state index is 0.000468.